The minimum absolute atomic E-state index is 0.114. The second-order valence-electron chi connectivity index (χ2n) is 6.62. The topological polar surface area (TPSA) is 49.4 Å². The molecule has 1 N–H and O–H groups in total. The van der Waals surface area contributed by atoms with E-state index in [0.29, 0.717) is 24.5 Å². The van der Waals surface area contributed by atoms with Gasteiger partial charge in [-0.2, -0.15) is 0 Å². The number of rotatable bonds is 9. The third kappa shape index (κ3) is 6.72. The van der Waals surface area contributed by atoms with E-state index in [-0.39, 0.29) is 11.8 Å². The van der Waals surface area contributed by atoms with Crippen LogP contribution in [0.2, 0.25) is 5.02 Å². The molecule has 0 aliphatic heterocycles. The first-order valence-corrected chi connectivity index (χ1v) is 9.72. The summed E-state index contributed by atoms with van der Waals surface area (Å²) >= 11 is 5.96. The predicted octanol–water partition coefficient (Wildman–Crippen LogP) is 4.22. The molecule has 27 heavy (non-hydrogen) atoms. The second kappa shape index (κ2) is 10.7. The SMILES string of the molecule is CCCCNC(=O)C(Cc1ccccc1)N(Cc1ccc(Cl)cc1)C(C)=O. The van der Waals surface area contributed by atoms with Gasteiger partial charge in [0.1, 0.15) is 6.04 Å². The van der Waals surface area contributed by atoms with Gasteiger partial charge in [-0.25, -0.2) is 0 Å². The minimum atomic E-state index is -0.558. The number of unbranched alkanes of at least 4 members (excludes halogenated alkanes) is 1. The summed E-state index contributed by atoms with van der Waals surface area (Å²) in [6, 6.07) is 16.6. The zero-order chi connectivity index (χ0) is 19.6. The molecule has 0 heterocycles. The van der Waals surface area contributed by atoms with Crippen LogP contribution in [0.5, 0.6) is 0 Å². The Morgan fingerprint density at radius 2 is 1.70 bits per heavy atom. The van der Waals surface area contributed by atoms with Crippen LogP contribution in [0.1, 0.15) is 37.8 Å². The third-order valence-corrected chi connectivity index (χ3v) is 4.70. The van der Waals surface area contributed by atoms with E-state index >= 15 is 0 Å². The van der Waals surface area contributed by atoms with Crippen molar-refractivity contribution in [1.29, 1.82) is 0 Å². The van der Waals surface area contributed by atoms with E-state index in [0.717, 1.165) is 24.0 Å². The number of carbonyl (C=O) groups is 2. The molecular formula is C22H27ClN2O2. The molecule has 0 fully saturated rings. The van der Waals surface area contributed by atoms with Crippen LogP contribution in [0.4, 0.5) is 0 Å². The summed E-state index contributed by atoms with van der Waals surface area (Å²) in [7, 11) is 0. The molecule has 0 aliphatic rings. The van der Waals surface area contributed by atoms with Crippen LogP contribution >= 0.6 is 11.6 Å². The summed E-state index contributed by atoms with van der Waals surface area (Å²) in [5.74, 6) is -0.243. The lowest BCUT2D eigenvalue weighted by atomic mass is 10.0. The molecule has 2 rings (SSSR count). The van der Waals surface area contributed by atoms with Crippen molar-refractivity contribution >= 4 is 23.4 Å². The number of nitrogens with zero attached hydrogens (tertiary/aromatic N) is 1. The molecule has 0 spiro atoms. The molecule has 144 valence electrons. The zero-order valence-corrected chi connectivity index (χ0v) is 16.7. The average molecular weight is 387 g/mol. The van der Waals surface area contributed by atoms with E-state index in [1.807, 2.05) is 42.5 Å². The summed E-state index contributed by atoms with van der Waals surface area (Å²) in [5, 5.41) is 3.62. The van der Waals surface area contributed by atoms with E-state index in [4.69, 9.17) is 11.6 Å². The van der Waals surface area contributed by atoms with Crippen molar-refractivity contribution in [3.05, 3.63) is 70.7 Å². The monoisotopic (exact) mass is 386 g/mol. The maximum absolute atomic E-state index is 12.9. The summed E-state index contributed by atoms with van der Waals surface area (Å²) < 4.78 is 0. The Kier molecular flexibility index (Phi) is 8.34. The summed E-state index contributed by atoms with van der Waals surface area (Å²) in [4.78, 5) is 26.9. The quantitative estimate of drug-likeness (QED) is 0.656. The van der Waals surface area contributed by atoms with Gasteiger partial charge in [-0.05, 0) is 29.7 Å². The summed E-state index contributed by atoms with van der Waals surface area (Å²) in [6.07, 6.45) is 2.40. The molecule has 0 aliphatic carbocycles. The maximum Gasteiger partial charge on any atom is 0.243 e. The predicted molar refractivity (Wildman–Crippen MR) is 110 cm³/mol. The Morgan fingerprint density at radius 1 is 1.04 bits per heavy atom. The molecule has 5 heteroatoms. The highest BCUT2D eigenvalue weighted by Crippen LogP contribution is 2.16. The van der Waals surface area contributed by atoms with Crippen LogP contribution in [0.3, 0.4) is 0 Å². The van der Waals surface area contributed by atoms with Crippen molar-refractivity contribution in [2.45, 2.75) is 45.7 Å². The normalized spacial score (nSPS) is 11.7. The fourth-order valence-corrected chi connectivity index (χ4v) is 3.04. The summed E-state index contributed by atoms with van der Waals surface area (Å²) in [6.45, 7) is 4.57. The highest BCUT2D eigenvalue weighted by atomic mass is 35.5. The fourth-order valence-electron chi connectivity index (χ4n) is 2.92. The van der Waals surface area contributed by atoms with Gasteiger partial charge in [0.25, 0.3) is 0 Å². The van der Waals surface area contributed by atoms with Gasteiger partial charge in [-0.3, -0.25) is 9.59 Å². The van der Waals surface area contributed by atoms with Crippen molar-refractivity contribution in [1.82, 2.24) is 10.2 Å². The van der Waals surface area contributed by atoms with E-state index in [2.05, 4.69) is 12.2 Å². The highest BCUT2D eigenvalue weighted by molar-refractivity contribution is 6.30. The number of amides is 2. The lowest BCUT2D eigenvalue weighted by molar-refractivity contribution is -0.139. The van der Waals surface area contributed by atoms with Crippen LogP contribution < -0.4 is 5.32 Å². The molecular weight excluding hydrogens is 360 g/mol. The molecule has 0 radical (unpaired) electrons. The number of nitrogens with one attached hydrogen (secondary N) is 1. The molecule has 0 saturated heterocycles. The van der Waals surface area contributed by atoms with Crippen molar-refractivity contribution in [3.63, 3.8) is 0 Å². The first kappa shape index (κ1) is 21.0. The number of halogens is 1. The molecule has 0 aromatic heterocycles. The van der Waals surface area contributed by atoms with E-state index < -0.39 is 6.04 Å². The first-order valence-electron chi connectivity index (χ1n) is 9.34. The van der Waals surface area contributed by atoms with Gasteiger partial charge in [0.15, 0.2) is 0 Å². The van der Waals surface area contributed by atoms with Crippen molar-refractivity contribution in [2.75, 3.05) is 6.54 Å². The van der Waals surface area contributed by atoms with Crippen LogP contribution in [0.25, 0.3) is 0 Å². The molecule has 1 unspecified atom stereocenters. The van der Waals surface area contributed by atoms with Gasteiger partial charge >= 0.3 is 0 Å². The maximum atomic E-state index is 12.9. The van der Waals surface area contributed by atoms with E-state index in [1.54, 1.807) is 17.0 Å². The molecule has 0 bridgehead atoms. The van der Waals surface area contributed by atoms with Crippen LogP contribution in [-0.4, -0.2) is 29.3 Å². The van der Waals surface area contributed by atoms with Gasteiger partial charge < -0.3 is 10.2 Å². The third-order valence-electron chi connectivity index (χ3n) is 4.45. The van der Waals surface area contributed by atoms with Crippen molar-refractivity contribution in [3.8, 4) is 0 Å². The number of carbonyl (C=O) groups excluding carboxylic acids is 2. The largest absolute Gasteiger partial charge is 0.354 e. The molecule has 2 amide bonds. The molecule has 2 aromatic rings. The molecule has 2 aromatic carbocycles. The number of hydrogen-bond donors (Lipinski definition) is 1. The minimum Gasteiger partial charge on any atom is -0.354 e. The molecule has 1 atom stereocenters. The van der Waals surface area contributed by atoms with Crippen molar-refractivity contribution < 1.29 is 9.59 Å². The number of benzene rings is 2. The van der Waals surface area contributed by atoms with Gasteiger partial charge in [0, 0.05) is 31.5 Å². The Hall–Kier alpha value is -2.33. The van der Waals surface area contributed by atoms with Gasteiger partial charge in [-0.15, -0.1) is 0 Å². The van der Waals surface area contributed by atoms with E-state index in [1.165, 1.54) is 6.92 Å². The number of hydrogen-bond acceptors (Lipinski definition) is 2. The zero-order valence-electron chi connectivity index (χ0n) is 16.0. The van der Waals surface area contributed by atoms with E-state index in [9.17, 15) is 9.59 Å². The van der Waals surface area contributed by atoms with Crippen LogP contribution in [0, 0.1) is 0 Å². The lowest BCUT2D eigenvalue weighted by Crippen LogP contribution is -2.50. The fraction of sp³-hybridized carbons (Fsp3) is 0.364. The standard InChI is InChI=1S/C22H27ClN2O2/c1-3-4-14-24-22(27)21(15-18-8-6-5-7-9-18)25(17(2)26)16-19-10-12-20(23)13-11-19/h5-13,21H,3-4,14-16H2,1-2H3,(H,24,27). The molecule has 4 nitrogen and oxygen atoms in total. The molecule has 0 saturated carbocycles. The summed E-state index contributed by atoms with van der Waals surface area (Å²) in [5.41, 5.74) is 1.96. The van der Waals surface area contributed by atoms with Gasteiger partial charge in [0.05, 0.1) is 0 Å². The van der Waals surface area contributed by atoms with Crippen LogP contribution in [0.15, 0.2) is 54.6 Å². The van der Waals surface area contributed by atoms with Crippen molar-refractivity contribution in [2.24, 2.45) is 0 Å². The van der Waals surface area contributed by atoms with Gasteiger partial charge in [-0.1, -0.05) is 67.4 Å². The Bertz CT molecular complexity index is 732. The first-order chi connectivity index (χ1) is 13.0. The smallest absolute Gasteiger partial charge is 0.243 e. The highest BCUT2D eigenvalue weighted by Gasteiger charge is 2.28. The second-order valence-corrected chi connectivity index (χ2v) is 7.06. The lowest BCUT2D eigenvalue weighted by Gasteiger charge is -2.30. The average Bonchev–Trinajstić information content (AvgIpc) is 2.66. The Morgan fingerprint density at radius 3 is 2.30 bits per heavy atom. The Balaban J connectivity index is 2.23. The Labute approximate surface area is 166 Å². The van der Waals surface area contributed by atoms with Gasteiger partial charge in [0.2, 0.25) is 11.8 Å². The van der Waals surface area contributed by atoms with Crippen LogP contribution in [-0.2, 0) is 22.6 Å².